The summed E-state index contributed by atoms with van der Waals surface area (Å²) in [7, 11) is 0. The number of nitrogens with zero attached hydrogens (tertiary/aromatic N) is 3. The third kappa shape index (κ3) is 3.46. The van der Waals surface area contributed by atoms with Gasteiger partial charge in [-0.3, -0.25) is 10.1 Å². The molecule has 0 radical (unpaired) electrons. The van der Waals surface area contributed by atoms with E-state index in [9.17, 15) is 10.1 Å². The normalized spacial score (nSPS) is 10.4. The van der Waals surface area contributed by atoms with Crippen molar-refractivity contribution in [3.8, 4) is 0 Å². The van der Waals surface area contributed by atoms with Crippen molar-refractivity contribution >= 4 is 28.8 Å². The molecular formula is C13H17N5O2S. The minimum atomic E-state index is -0.451. The maximum absolute atomic E-state index is 11.2. The lowest BCUT2D eigenvalue weighted by Gasteiger charge is -2.10. The summed E-state index contributed by atoms with van der Waals surface area (Å²) < 4.78 is 0. The van der Waals surface area contributed by atoms with Gasteiger partial charge >= 0.3 is 5.69 Å². The minimum Gasteiger partial charge on any atom is -0.360 e. The summed E-state index contributed by atoms with van der Waals surface area (Å²) in [4.78, 5) is 19.1. The van der Waals surface area contributed by atoms with Crippen LogP contribution in [0.5, 0.6) is 0 Å². The number of nitro groups is 1. The van der Waals surface area contributed by atoms with Gasteiger partial charge in [-0.05, 0) is 42.7 Å². The van der Waals surface area contributed by atoms with Crippen molar-refractivity contribution in [3.05, 3.63) is 37.7 Å². The fraction of sp³-hybridized carbons (Fsp3) is 0.385. The summed E-state index contributed by atoms with van der Waals surface area (Å²) in [5, 5.41) is 21.3. The van der Waals surface area contributed by atoms with Gasteiger partial charge < -0.3 is 10.6 Å². The molecule has 0 fully saturated rings. The molecule has 2 N–H and O–H groups in total. The molecule has 0 aromatic carbocycles. The number of thiophene rings is 1. The van der Waals surface area contributed by atoms with Gasteiger partial charge in [0, 0.05) is 13.1 Å². The van der Waals surface area contributed by atoms with Gasteiger partial charge in [0.25, 0.3) is 0 Å². The van der Waals surface area contributed by atoms with Crippen LogP contribution >= 0.6 is 11.3 Å². The molecule has 2 aromatic rings. The molecular weight excluding hydrogens is 290 g/mol. The van der Waals surface area contributed by atoms with E-state index in [1.807, 2.05) is 24.6 Å². The van der Waals surface area contributed by atoms with E-state index in [4.69, 9.17) is 0 Å². The average Bonchev–Trinajstić information content (AvgIpc) is 2.81. The zero-order chi connectivity index (χ0) is 15.4. The molecule has 0 bridgehead atoms. The minimum absolute atomic E-state index is 0.0791. The highest BCUT2D eigenvalue weighted by Gasteiger charge is 2.22. The number of hydrogen-bond donors (Lipinski definition) is 2. The Kier molecular flexibility index (Phi) is 4.69. The summed E-state index contributed by atoms with van der Waals surface area (Å²) in [6.45, 7) is 6.69. The fourth-order valence-electron chi connectivity index (χ4n) is 1.89. The third-order valence-corrected chi connectivity index (χ3v) is 3.89. The number of aryl methyl sites for hydroxylation is 2. The second-order valence-corrected chi connectivity index (χ2v) is 5.29. The Hall–Kier alpha value is -2.22. The summed E-state index contributed by atoms with van der Waals surface area (Å²) in [5.41, 5.74) is 2.53. The smallest absolute Gasteiger partial charge is 0.332 e. The number of anilines is 2. The standard InChI is InChI=1S/C13H17N5O2S/c1-4-14-13-16-9(3)11(18(19)20)12(17-13)15-5-10-7-21-6-8(10)2/h6-7H,4-5H2,1-3H3,(H2,14,15,16,17). The summed E-state index contributed by atoms with van der Waals surface area (Å²) >= 11 is 1.61. The first-order valence-corrected chi connectivity index (χ1v) is 7.49. The molecule has 8 heteroatoms. The Labute approximate surface area is 126 Å². The van der Waals surface area contributed by atoms with Crippen molar-refractivity contribution in [1.82, 2.24) is 9.97 Å². The van der Waals surface area contributed by atoms with E-state index in [0.717, 1.165) is 11.1 Å². The van der Waals surface area contributed by atoms with Gasteiger partial charge in [0.2, 0.25) is 11.8 Å². The zero-order valence-electron chi connectivity index (χ0n) is 12.1. The highest BCUT2D eigenvalue weighted by molar-refractivity contribution is 7.08. The molecule has 0 unspecified atom stereocenters. The van der Waals surface area contributed by atoms with Crippen LogP contribution < -0.4 is 10.6 Å². The number of rotatable bonds is 6. The third-order valence-electron chi connectivity index (χ3n) is 2.98. The molecule has 0 aliphatic carbocycles. The number of nitrogens with one attached hydrogen (secondary N) is 2. The maximum Gasteiger partial charge on any atom is 0.332 e. The Balaban J connectivity index is 2.30. The summed E-state index contributed by atoms with van der Waals surface area (Å²) in [6.07, 6.45) is 0. The van der Waals surface area contributed by atoms with Gasteiger partial charge in [-0.2, -0.15) is 16.3 Å². The van der Waals surface area contributed by atoms with Crippen molar-refractivity contribution in [2.75, 3.05) is 17.2 Å². The van der Waals surface area contributed by atoms with Crippen LogP contribution in [0.1, 0.15) is 23.7 Å². The van der Waals surface area contributed by atoms with Crippen LogP contribution in [0.15, 0.2) is 10.8 Å². The first-order chi connectivity index (χ1) is 10.0. The van der Waals surface area contributed by atoms with Gasteiger partial charge in [-0.25, -0.2) is 4.98 Å². The first-order valence-electron chi connectivity index (χ1n) is 6.55. The molecule has 21 heavy (non-hydrogen) atoms. The SMILES string of the molecule is CCNc1nc(C)c([N+](=O)[O-])c(NCc2cscc2C)n1. The van der Waals surface area contributed by atoms with Crippen LogP contribution in [0.4, 0.5) is 17.5 Å². The highest BCUT2D eigenvalue weighted by Crippen LogP contribution is 2.27. The van der Waals surface area contributed by atoms with E-state index in [1.165, 1.54) is 0 Å². The summed E-state index contributed by atoms with van der Waals surface area (Å²) in [6, 6.07) is 0. The molecule has 0 saturated carbocycles. The van der Waals surface area contributed by atoms with Crippen molar-refractivity contribution in [1.29, 1.82) is 0 Å². The van der Waals surface area contributed by atoms with Gasteiger partial charge in [-0.15, -0.1) is 0 Å². The second kappa shape index (κ2) is 6.49. The Bertz CT molecular complexity index is 656. The van der Waals surface area contributed by atoms with Crippen LogP contribution in [0.2, 0.25) is 0 Å². The molecule has 2 aromatic heterocycles. The van der Waals surface area contributed by atoms with E-state index >= 15 is 0 Å². The van der Waals surface area contributed by atoms with E-state index in [0.29, 0.717) is 24.7 Å². The van der Waals surface area contributed by atoms with Gasteiger partial charge in [0.1, 0.15) is 5.69 Å². The van der Waals surface area contributed by atoms with Gasteiger partial charge in [0.15, 0.2) is 0 Å². The van der Waals surface area contributed by atoms with E-state index in [-0.39, 0.29) is 11.5 Å². The maximum atomic E-state index is 11.2. The molecule has 2 rings (SSSR count). The predicted octanol–water partition coefficient (Wildman–Crippen LogP) is 3.11. The van der Waals surface area contributed by atoms with Crippen LogP contribution in [-0.2, 0) is 6.54 Å². The Morgan fingerprint density at radius 1 is 1.29 bits per heavy atom. The molecule has 0 spiro atoms. The van der Waals surface area contributed by atoms with Crippen LogP contribution in [0.3, 0.4) is 0 Å². The topological polar surface area (TPSA) is 93.0 Å². The van der Waals surface area contributed by atoms with Crippen molar-refractivity contribution in [2.24, 2.45) is 0 Å². The monoisotopic (exact) mass is 307 g/mol. The van der Waals surface area contributed by atoms with Crippen molar-refractivity contribution in [3.63, 3.8) is 0 Å². The van der Waals surface area contributed by atoms with Crippen molar-refractivity contribution < 1.29 is 4.92 Å². The van der Waals surface area contributed by atoms with Crippen LogP contribution in [0.25, 0.3) is 0 Å². The van der Waals surface area contributed by atoms with E-state index < -0.39 is 4.92 Å². The molecule has 0 saturated heterocycles. The Morgan fingerprint density at radius 3 is 2.62 bits per heavy atom. The van der Waals surface area contributed by atoms with Crippen LogP contribution in [-0.4, -0.2) is 21.4 Å². The second-order valence-electron chi connectivity index (χ2n) is 4.55. The predicted molar refractivity (Wildman–Crippen MR) is 84.0 cm³/mol. The molecule has 7 nitrogen and oxygen atoms in total. The van der Waals surface area contributed by atoms with Crippen molar-refractivity contribution in [2.45, 2.75) is 27.3 Å². The first kappa shape index (κ1) is 15.2. The highest BCUT2D eigenvalue weighted by atomic mass is 32.1. The van der Waals surface area contributed by atoms with Gasteiger partial charge in [0.05, 0.1) is 4.92 Å². The largest absolute Gasteiger partial charge is 0.360 e. The molecule has 0 amide bonds. The molecule has 0 aliphatic heterocycles. The molecule has 0 aliphatic rings. The molecule has 2 heterocycles. The number of aromatic nitrogens is 2. The Morgan fingerprint density at radius 2 is 2.05 bits per heavy atom. The molecule has 0 atom stereocenters. The lowest BCUT2D eigenvalue weighted by atomic mass is 10.2. The quantitative estimate of drug-likeness (QED) is 0.629. The van der Waals surface area contributed by atoms with E-state index in [1.54, 1.807) is 18.3 Å². The molecule has 112 valence electrons. The summed E-state index contributed by atoms with van der Waals surface area (Å²) in [5.74, 6) is 0.638. The number of hydrogen-bond acceptors (Lipinski definition) is 7. The van der Waals surface area contributed by atoms with Crippen LogP contribution in [0, 0.1) is 24.0 Å². The average molecular weight is 307 g/mol. The lowest BCUT2D eigenvalue weighted by Crippen LogP contribution is -2.11. The van der Waals surface area contributed by atoms with E-state index in [2.05, 4.69) is 20.6 Å². The fourth-order valence-corrected chi connectivity index (χ4v) is 2.75. The van der Waals surface area contributed by atoms with Gasteiger partial charge in [-0.1, -0.05) is 0 Å². The lowest BCUT2D eigenvalue weighted by molar-refractivity contribution is -0.385. The zero-order valence-corrected chi connectivity index (χ0v) is 13.0.